The second kappa shape index (κ2) is 7.11. The molecule has 1 aromatic rings. The number of hydrogen-bond donors (Lipinski definition) is 1. The van der Waals surface area contributed by atoms with Crippen molar-refractivity contribution in [3.63, 3.8) is 0 Å². The van der Waals surface area contributed by atoms with Crippen LogP contribution in [0.5, 0.6) is 0 Å². The lowest BCUT2D eigenvalue weighted by atomic mass is 10.1. The molecule has 1 aliphatic heterocycles. The minimum absolute atomic E-state index is 0.153. The van der Waals surface area contributed by atoms with Crippen LogP contribution in [-0.4, -0.2) is 38.2 Å². The van der Waals surface area contributed by atoms with Gasteiger partial charge in [-0.05, 0) is 44.3 Å². The topological polar surface area (TPSA) is 49.4 Å². The van der Waals surface area contributed by atoms with Gasteiger partial charge in [0.1, 0.15) is 0 Å². The molecule has 1 N–H and O–H groups in total. The summed E-state index contributed by atoms with van der Waals surface area (Å²) >= 11 is 0. The lowest BCUT2D eigenvalue weighted by Crippen LogP contribution is -2.40. The lowest BCUT2D eigenvalue weighted by molar-refractivity contribution is 0.246. The quantitative estimate of drug-likeness (QED) is 0.876. The Kier molecular flexibility index (Phi) is 5.16. The molecule has 0 bridgehead atoms. The zero-order chi connectivity index (χ0) is 15.4. The number of likely N-dealkylation sites (tertiary alicyclic amines) is 1. The van der Waals surface area contributed by atoms with E-state index in [0.717, 1.165) is 38.8 Å². The third-order valence-electron chi connectivity index (χ3n) is 4.98. The Bertz CT molecular complexity index is 562. The minimum atomic E-state index is -3.17. The molecule has 3 rings (SSSR count). The normalized spacial score (nSPS) is 22.2. The maximum absolute atomic E-state index is 12.5. The van der Waals surface area contributed by atoms with Gasteiger partial charge in [-0.25, -0.2) is 13.1 Å². The molecular weight excluding hydrogens is 296 g/mol. The van der Waals surface area contributed by atoms with Gasteiger partial charge in [0.15, 0.2) is 0 Å². The lowest BCUT2D eigenvalue weighted by Gasteiger charge is -2.28. The summed E-state index contributed by atoms with van der Waals surface area (Å²) in [7, 11) is -3.17. The molecule has 1 aliphatic carbocycles. The standard InChI is InChI=1S/C17H26N2O2S/c20-22(21,16-10-4-5-11-16)18-14-17(19-12-6-7-13-19)15-8-2-1-3-9-15/h1-3,8-9,16-18H,4-7,10-14H2. The fourth-order valence-corrected chi connectivity index (χ4v) is 5.28. The average Bonchev–Trinajstić information content (AvgIpc) is 3.22. The number of nitrogens with zero attached hydrogens (tertiary/aromatic N) is 1. The number of benzene rings is 1. The summed E-state index contributed by atoms with van der Waals surface area (Å²) in [4.78, 5) is 2.41. The summed E-state index contributed by atoms with van der Waals surface area (Å²) in [5.74, 6) is 0. The van der Waals surface area contributed by atoms with Gasteiger partial charge in [-0.3, -0.25) is 4.90 Å². The first-order chi connectivity index (χ1) is 10.7. The van der Waals surface area contributed by atoms with Crippen molar-refractivity contribution in [3.8, 4) is 0 Å². The molecule has 2 fully saturated rings. The third-order valence-corrected chi connectivity index (χ3v) is 6.90. The predicted octanol–water partition coefficient (Wildman–Crippen LogP) is 2.69. The predicted molar refractivity (Wildman–Crippen MR) is 89.2 cm³/mol. The molecule has 0 radical (unpaired) electrons. The van der Waals surface area contributed by atoms with Crippen LogP contribution in [0.4, 0.5) is 0 Å². The number of rotatable bonds is 6. The summed E-state index contributed by atoms with van der Waals surface area (Å²) < 4.78 is 27.8. The van der Waals surface area contributed by atoms with Gasteiger partial charge in [-0.2, -0.15) is 0 Å². The molecule has 1 atom stereocenters. The first-order valence-corrected chi connectivity index (χ1v) is 9.99. The van der Waals surface area contributed by atoms with E-state index in [1.54, 1.807) is 0 Å². The van der Waals surface area contributed by atoms with Crippen molar-refractivity contribution < 1.29 is 8.42 Å². The van der Waals surface area contributed by atoms with E-state index in [4.69, 9.17) is 0 Å². The molecule has 0 spiro atoms. The highest BCUT2D eigenvalue weighted by Gasteiger charge is 2.30. The molecule has 1 unspecified atom stereocenters. The fourth-order valence-electron chi connectivity index (χ4n) is 3.70. The van der Waals surface area contributed by atoms with Crippen molar-refractivity contribution in [3.05, 3.63) is 35.9 Å². The summed E-state index contributed by atoms with van der Waals surface area (Å²) in [6.07, 6.45) is 6.13. The van der Waals surface area contributed by atoms with Gasteiger partial charge in [-0.1, -0.05) is 43.2 Å². The number of nitrogens with one attached hydrogen (secondary N) is 1. The maximum Gasteiger partial charge on any atom is 0.214 e. The molecule has 22 heavy (non-hydrogen) atoms. The SMILES string of the molecule is O=S(=O)(NCC(c1ccccc1)N1CCCC1)C1CCCC1. The van der Waals surface area contributed by atoms with Crippen molar-refractivity contribution in [2.45, 2.75) is 49.8 Å². The Morgan fingerprint density at radius 2 is 1.68 bits per heavy atom. The second-order valence-corrected chi connectivity index (χ2v) is 8.51. The summed E-state index contributed by atoms with van der Waals surface area (Å²) in [5.41, 5.74) is 1.21. The monoisotopic (exact) mass is 322 g/mol. The van der Waals surface area contributed by atoms with E-state index in [0.29, 0.717) is 6.54 Å². The Morgan fingerprint density at radius 1 is 1.05 bits per heavy atom. The Morgan fingerprint density at radius 3 is 2.32 bits per heavy atom. The molecule has 0 amide bonds. The molecule has 0 aromatic heterocycles. The van der Waals surface area contributed by atoms with E-state index in [-0.39, 0.29) is 11.3 Å². The van der Waals surface area contributed by atoms with Crippen LogP contribution in [-0.2, 0) is 10.0 Å². The molecule has 4 nitrogen and oxygen atoms in total. The van der Waals surface area contributed by atoms with Crippen LogP contribution in [0.15, 0.2) is 30.3 Å². The number of hydrogen-bond acceptors (Lipinski definition) is 3. The zero-order valence-electron chi connectivity index (χ0n) is 13.1. The second-order valence-electron chi connectivity index (χ2n) is 6.47. The molecule has 122 valence electrons. The molecule has 2 aliphatic rings. The van der Waals surface area contributed by atoms with Gasteiger partial charge in [0.05, 0.1) is 5.25 Å². The van der Waals surface area contributed by atoms with Crippen LogP contribution >= 0.6 is 0 Å². The molecule has 1 saturated heterocycles. The molecular formula is C17H26N2O2S. The van der Waals surface area contributed by atoms with E-state index >= 15 is 0 Å². The fraction of sp³-hybridized carbons (Fsp3) is 0.647. The van der Waals surface area contributed by atoms with Crippen LogP contribution in [0.2, 0.25) is 0 Å². The van der Waals surface area contributed by atoms with Gasteiger partial charge in [-0.15, -0.1) is 0 Å². The van der Waals surface area contributed by atoms with Crippen LogP contribution in [0, 0.1) is 0 Å². The van der Waals surface area contributed by atoms with Crippen molar-refractivity contribution >= 4 is 10.0 Å². The Hall–Kier alpha value is -0.910. The van der Waals surface area contributed by atoms with Gasteiger partial charge in [0.2, 0.25) is 10.0 Å². The number of sulfonamides is 1. The Labute approximate surface area is 134 Å². The van der Waals surface area contributed by atoms with E-state index in [1.807, 2.05) is 18.2 Å². The Balaban J connectivity index is 1.70. The van der Waals surface area contributed by atoms with E-state index < -0.39 is 10.0 Å². The molecule has 1 saturated carbocycles. The highest BCUT2D eigenvalue weighted by Crippen LogP contribution is 2.27. The van der Waals surface area contributed by atoms with E-state index in [2.05, 4.69) is 21.8 Å². The first-order valence-electron chi connectivity index (χ1n) is 8.44. The molecule has 1 heterocycles. The van der Waals surface area contributed by atoms with Gasteiger partial charge >= 0.3 is 0 Å². The van der Waals surface area contributed by atoms with Crippen molar-refractivity contribution in [1.82, 2.24) is 9.62 Å². The summed E-state index contributed by atoms with van der Waals surface area (Å²) in [5, 5.41) is -0.178. The molecule has 1 aromatic carbocycles. The maximum atomic E-state index is 12.5. The first kappa shape index (κ1) is 16.0. The minimum Gasteiger partial charge on any atom is -0.295 e. The van der Waals surface area contributed by atoms with Crippen molar-refractivity contribution in [2.75, 3.05) is 19.6 Å². The van der Waals surface area contributed by atoms with Crippen molar-refractivity contribution in [1.29, 1.82) is 0 Å². The van der Waals surface area contributed by atoms with E-state index in [9.17, 15) is 8.42 Å². The third kappa shape index (κ3) is 3.70. The highest BCUT2D eigenvalue weighted by atomic mass is 32.2. The smallest absolute Gasteiger partial charge is 0.214 e. The van der Waals surface area contributed by atoms with Crippen LogP contribution < -0.4 is 4.72 Å². The largest absolute Gasteiger partial charge is 0.295 e. The van der Waals surface area contributed by atoms with Crippen molar-refractivity contribution in [2.24, 2.45) is 0 Å². The zero-order valence-corrected chi connectivity index (χ0v) is 13.9. The molecule has 5 heteroatoms. The summed E-state index contributed by atoms with van der Waals surface area (Å²) in [6.45, 7) is 2.61. The highest BCUT2D eigenvalue weighted by molar-refractivity contribution is 7.90. The van der Waals surface area contributed by atoms with Gasteiger partial charge in [0, 0.05) is 12.6 Å². The van der Waals surface area contributed by atoms with E-state index in [1.165, 1.54) is 18.4 Å². The average molecular weight is 322 g/mol. The van der Waals surface area contributed by atoms with Crippen LogP contribution in [0.25, 0.3) is 0 Å². The summed E-state index contributed by atoms with van der Waals surface area (Å²) in [6, 6.07) is 10.4. The van der Waals surface area contributed by atoms with Gasteiger partial charge in [0.25, 0.3) is 0 Å². The van der Waals surface area contributed by atoms with Crippen LogP contribution in [0.1, 0.15) is 50.1 Å². The van der Waals surface area contributed by atoms with Gasteiger partial charge < -0.3 is 0 Å². The van der Waals surface area contributed by atoms with Crippen LogP contribution in [0.3, 0.4) is 0 Å².